The van der Waals surface area contributed by atoms with Crippen LogP contribution in [0.25, 0.3) is 55.0 Å². The van der Waals surface area contributed by atoms with Crippen molar-refractivity contribution in [3.05, 3.63) is 164 Å². The third kappa shape index (κ3) is 4.31. The number of para-hydroxylation sites is 1. The first-order chi connectivity index (χ1) is 20.8. The quantitative estimate of drug-likeness (QED) is 0.217. The number of hydrogen-bond acceptors (Lipinski definition) is 2. The maximum atomic E-state index is 6.17. The molecule has 0 fully saturated rings. The Labute approximate surface area is 244 Å². The number of fused-ring (bicyclic) bond motifs is 4. The first kappa shape index (κ1) is 24.2. The van der Waals surface area contributed by atoms with Gasteiger partial charge in [-0.25, -0.2) is 0 Å². The molecule has 0 bridgehead atoms. The molecule has 0 aliphatic heterocycles. The van der Waals surface area contributed by atoms with E-state index in [9.17, 15) is 0 Å². The molecule has 0 spiro atoms. The monoisotopic (exact) mass is 537 g/mol. The fourth-order valence-electron chi connectivity index (χ4n) is 5.93. The van der Waals surface area contributed by atoms with Gasteiger partial charge in [-0.3, -0.25) is 0 Å². The van der Waals surface area contributed by atoms with E-state index in [0.717, 1.165) is 44.4 Å². The molecule has 0 radical (unpaired) electrons. The number of nitrogens with zero attached hydrogens (tertiary/aromatic N) is 1. The van der Waals surface area contributed by atoms with Gasteiger partial charge in [0.05, 0.1) is 0 Å². The van der Waals surface area contributed by atoms with Crippen molar-refractivity contribution in [1.29, 1.82) is 0 Å². The SMILES string of the molecule is c1ccc(-c2ccc(N(c3cccc(-c4ccccc4)c3)c3ccc4cc5oc6ccccc6c5cc4c3)cc2)cc1. The molecule has 0 saturated carbocycles. The third-order valence-electron chi connectivity index (χ3n) is 8.02. The number of hydrogen-bond donors (Lipinski definition) is 0. The average Bonchev–Trinajstić information content (AvgIpc) is 3.42. The lowest BCUT2D eigenvalue weighted by Gasteiger charge is -2.26. The van der Waals surface area contributed by atoms with Crippen LogP contribution in [0.1, 0.15) is 0 Å². The number of benzene rings is 7. The van der Waals surface area contributed by atoms with Gasteiger partial charge in [-0.15, -0.1) is 0 Å². The maximum Gasteiger partial charge on any atom is 0.136 e. The summed E-state index contributed by atoms with van der Waals surface area (Å²) >= 11 is 0. The van der Waals surface area contributed by atoms with Crippen LogP contribution in [0.15, 0.2) is 168 Å². The molecule has 1 aromatic heterocycles. The van der Waals surface area contributed by atoms with Gasteiger partial charge in [0, 0.05) is 27.8 Å². The van der Waals surface area contributed by atoms with E-state index in [1.54, 1.807) is 0 Å². The summed E-state index contributed by atoms with van der Waals surface area (Å²) in [4.78, 5) is 2.35. The normalized spacial score (nSPS) is 11.3. The molecule has 2 heteroatoms. The largest absolute Gasteiger partial charge is 0.456 e. The van der Waals surface area contributed by atoms with Gasteiger partial charge in [-0.05, 0) is 87.6 Å². The third-order valence-corrected chi connectivity index (χ3v) is 8.02. The molecule has 8 rings (SSSR count). The summed E-state index contributed by atoms with van der Waals surface area (Å²) in [5, 5.41) is 4.61. The minimum absolute atomic E-state index is 0.917. The lowest BCUT2D eigenvalue weighted by molar-refractivity contribution is 0.669. The second-order valence-corrected chi connectivity index (χ2v) is 10.6. The molecule has 0 saturated heterocycles. The first-order valence-corrected chi connectivity index (χ1v) is 14.3. The Morgan fingerprint density at radius 1 is 0.333 bits per heavy atom. The fourth-order valence-corrected chi connectivity index (χ4v) is 5.93. The maximum absolute atomic E-state index is 6.17. The van der Waals surface area contributed by atoms with Crippen LogP contribution in [0.5, 0.6) is 0 Å². The topological polar surface area (TPSA) is 16.4 Å². The average molecular weight is 538 g/mol. The smallest absolute Gasteiger partial charge is 0.136 e. The van der Waals surface area contributed by atoms with Gasteiger partial charge in [-0.2, -0.15) is 0 Å². The van der Waals surface area contributed by atoms with Crippen molar-refractivity contribution >= 4 is 49.8 Å². The molecule has 0 unspecified atom stereocenters. The molecule has 42 heavy (non-hydrogen) atoms. The van der Waals surface area contributed by atoms with Crippen molar-refractivity contribution in [1.82, 2.24) is 0 Å². The van der Waals surface area contributed by atoms with E-state index in [1.807, 2.05) is 12.1 Å². The van der Waals surface area contributed by atoms with Gasteiger partial charge in [0.15, 0.2) is 0 Å². The molecule has 0 aliphatic rings. The van der Waals surface area contributed by atoms with Gasteiger partial charge < -0.3 is 9.32 Å². The Bertz CT molecular complexity index is 2180. The Kier molecular flexibility index (Phi) is 5.82. The Morgan fingerprint density at radius 2 is 0.952 bits per heavy atom. The summed E-state index contributed by atoms with van der Waals surface area (Å²) < 4.78 is 6.17. The van der Waals surface area contributed by atoms with E-state index in [4.69, 9.17) is 4.42 Å². The zero-order valence-electron chi connectivity index (χ0n) is 22.9. The highest BCUT2D eigenvalue weighted by molar-refractivity contribution is 6.10. The Morgan fingerprint density at radius 3 is 1.74 bits per heavy atom. The molecule has 0 N–H and O–H groups in total. The van der Waals surface area contributed by atoms with Crippen molar-refractivity contribution in [2.45, 2.75) is 0 Å². The van der Waals surface area contributed by atoms with E-state index < -0.39 is 0 Å². The zero-order valence-corrected chi connectivity index (χ0v) is 22.9. The molecule has 8 aromatic rings. The predicted octanol–water partition coefficient (Wildman–Crippen LogP) is 11.5. The lowest BCUT2D eigenvalue weighted by atomic mass is 10.0. The van der Waals surface area contributed by atoms with Crippen LogP contribution in [0, 0.1) is 0 Å². The lowest BCUT2D eigenvalue weighted by Crippen LogP contribution is -2.10. The summed E-state index contributed by atoms with van der Waals surface area (Å²) in [5.74, 6) is 0. The second-order valence-electron chi connectivity index (χ2n) is 10.6. The molecular weight excluding hydrogens is 510 g/mol. The van der Waals surface area contributed by atoms with E-state index in [2.05, 4.69) is 157 Å². The fraction of sp³-hybridized carbons (Fsp3) is 0. The molecule has 0 atom stereocenters. The summed E-state index contributed by atoms with van der Waals surface area (Å²) in [5.41, 5.74) is 9.95. The molecule has 0 amide bonds. The highest BCUT2D eigenvalue weighted by Crippen LogP contribution is 2.40. The minimum atomic E-state index is 0.917. The van der Waals surface area contributed by atoms with Gasteiger partial charge in [0.25, 0.3) is 0 Å². The minimum Gasteiger partial charge on any atom is -0.456 e. The first-order valence-electron chi connectivity index (χ1n) is 14.3. The van der Waals surface area contributed by atoms with Crippen LogP contribution in [0.4, 0.5) is 17.1 Å². The van der Waals surface area contributed by atoms with Crippen molar-refractivity contribution in [3.8, 4) is 22.3 Å². The van der Waals surface area contributed by atoms with Gasteiger partial charge in [0.2, 0.25) is 0 Å². The van der Waals surface area contributed by atoms with Crippen LogP contribution >= 0.6 is 0 Å². The van der Waals surface area contributed by atoms with Crippen molar-refractivity contribution in [2.75, 3.05) is 4.90 Å². The van der Waals surface area contributed by atoms with Crippen LogP contribution in [-0.4, -0.2) is 0 Å². The number of rotatable bonds is 5. The second kappa shape index (κ2) is 10.1. The molecule has 1 heterocycles. The molecular formula is C40H27NO. The van der Waals surface area contributed by atoms with Crippen LogP contribution < -0.4 is 4.90 Å². The van der Waals surface area contributed by atoms with E-state index in [1.165, 1.54) is 27.6 Å². The van der Waals surface area contributed by atoms with E-state index in [-0.39, 0.29) is 0 Å². The summed E-state index contributed by atoms with van der Waals surface area (Å²) in [7, 11) is 0. The molecule has 2 nitrogen and oxygen atoms in total. The highest BCUT2D eigenvalue weighted by Gasteiger charge is 2.16. The van der Waals surface area contributed by atoms with Gasteiger partial charge >= 0.3 is 0 Å². The highest BCUT2D eigenvalue weighted by atomic mass is 16.3. The van der Waals surface area contributed by atoms with Gasteiger partial charge in [-0.1, -0.05) is 109 Å². The van der Waals surface area contributed by atoms with E-state index in [0.29, 0.717) is 0 Å². The van der Waals surface area contributed by atoms with Gasteiger partial charge in [0.1, 0.15) is 11.2 Å². The van der Waals surface area contributed by atoms with Crippen molar-refractivity contribution < 1.29 is 4.42 Å². The standard InChI is InChI=1S/C40H27NO/c1-3-10-28(11-4-1)30-18-21-34(22-19-30)41(35-15-9-14-31(24-35)29-12-5-2-6-13-29)36-23-20-32-27-40-38(26-33(32)25-36)37-16-7-8-17-39(37)42-40/h1-27H. The molecule has 0 aliphatic carbocycles. The number of anilines is 3. The molecule has 7 aromatic carbocycles. The van der Waals surface area contributed by atoms with E-state index >= 15 is 0 Å². The Hall–Kier alpha value is -5.60. The summed E-state index contributed by atoms with van der Waals surface area (Å²) in [6.07, 6.45) is 0. The summed E-state index contributed by atoms with van der Waals surface area (Å²) in [6.45, 7) is 0. The van der Waals surface area contributed by atoms with Crippen LogP contribution in [0.2, 0.25) is 0 Å². The Balaban J connectivity index is 1.29. The van der Waals surface area contributed by atoms with Crippen LogP contribution in [0.3, 0.4) is 0 Å². The zero-order chi connectivity index (χ0) is 27.9. The van der Waals surface area contributed by atoms with Crippen molar-refractivity contribution in [3.63, 3.8) is 0 Å². The predicted molar refractivity (Wildman–Crippen MR) is 177 cm³/mol. The number of furan rings is 1. The summed E-state index contributed by atoms with van der Waals surface area (Å²) in [6, 6.07) is 58.1. The van der Waals surface area contributed by atoms with Crippen LogP contribution in [-0.2, 0) is 0 Å². The van der Waals surface area contributed by atoms with Crippen molar-refractivity contribution in [2.24, 2.45) is 0 Å². The molecule has 198 valence electrons.